The van der Waals surface area contributed by atoms with Gasteiger partial charge in [0.25, 0.3) is 5.91 Å². The molecular formula is C16H22ClN5O2. The fraction of sp³-hybridized carbons (Fsp3) is 0.562. The van der Waals surface area contributed by atoms with Crippen LogP contribution in [0.25, 0.3) is 0 Å². The van der Waals surface area contributed by atoms with Gasteiger partial charge in [-0.2, -0.15) is 0 Å². The second-order valence-electron chi connectivity index (χ2n) is 6.69. The van der Waals surface area contributed by atoms with Crippen molar-refractivity contribution >= 4 is 17.5 Å². The standard InChI is InChI=1S/C16H22ClN5O2/c1-11(2)22-9-14(18-19-22)16(24)5-4-6-21(10-16)15(23)13-7-12(17)8-20(13)3/h7-9,11,24H,4-6,10H2,1-3H3/t16-/m1/s1. The van der Waals surface area contributed by atoms with Crippen molar-refractivity contribution in [2.45, 2.75) is 38.3 Å². The normalized spacial score (nSPS) is 21.5. The number of aliphatic hydroxyl groups is 1. The van der Waals surface area contributed by atoms with Gasteiger partial charge in [-0.3, -0.25) is 4.79 Å². The van der Waals surface area contributed by atoms with Crippen molar-refractivity contribution in [1.82, 2.24) is 24.5 Å². The number of carbonyl (C=O) groups excluding carboxylic acids is 1. The molecule has 1 amide bonds. The molecule has 0 spiro atoms. The summed E-state index contributed by atoms with van der Waals surface area (Å²) in [5, 5.41) is 19.7. The molecule has 0 saturated carbocycles. The summed E-state index contributed by atoms with van der Waals surface area (Å²) in [5.74, 6) is -0.140. The van der Waals surface area contributed by atoms with Crippen LogP contribution in [0.2, 0.25) is 5.02 Å². The maximum atomic E-state index is 12.8. The van der Waals surface area contributed by atoms with Crippen molar-refractivity contribution in [1.29, 1.82) is 0 Å². The molecule has 0 radical (unpaired) electrons. The van der Waals surface area contributed by atoms with E-state index in [2.05, 4.69) is 10.3 Å². The molecule has 1 N–H and O–H groups in total. The summed E-state index contributed by atoms with van der Waals surface area (Å²) in [6, 6.07) is 1.81. The average Bonchev–Trinajstić information content (AvgIpc) is 3.14. The number of rotatable bonds is 3. The van der Waals surface area contributed by atoms with Crippen LogP contribution >= 0.6 is 11.6 Å². The van der Waals surface area contributed by atoms with Crippen molar-refractivity contribution in [2.75, 3.05) is 13.1 Å². The number of likely N-dealkylation sites (tertiary alicyclic amines) is 1. The lowest BCUT2D eigenvalue weighted by atomic mass is 9.90. The smallest absolute Gasteiger partial charge is 0.270 e. The highest BCUT2D eigenvalue weighted by Crippen LogP contribution is 2.31. The van der Waals surface area contributed by atoms with E-state index in [1.54, 1.807) is 39.7 Å². The summed E-state index contributed by atoms with van der Waals surface area (Å²) in [4.78, 5) is 14.4. The van der Waals surface area contributed by atoms with Crippen LogP contribution in [0.5, 0.6) is 0 Å². The minimum absolute atomic E-state index is 0.140. The molecule has 0 bridgehead atoms. The van der Waals surface area contributed by atoms with E-state index in [0.29, 0.717) is 35.8 Å². The van der Waals surface area contributed by atoms with Gasteiger partial charge < -0.3 is 14.6 Å². The molecule has 3 rings (SSSR count). The molecule has 0 aromatic carbocycles. The summed E-state index contributed by atoms with van der Waals surface area (Å²) in [5.41, 5.74) is -0.149. The van der Waals surface area contributed by atoms with Crippen LogP contribution in [0, 0.1) is 0 Å². The lowest BCUT2D eigenvalue weighted by Gasteiger charge is -2.38. The molecule has 8 heteroatoms. The van der Waals surface area contributed by atoms with Crippen LogP contribution < -0.4 is 0 Å². The first-order valence-corrected chi connectivity index (χ1v) is 8.44. The van der Waals surface area contributed by atoms with Crippen molar-refractivity contribution in [3.63, 3.8) is 0 Å². The number of halogens is 1. The second kappa shape index (κ2) is 6.22. The van der Waals surface area contributed by atoms with Crippen LogP contribution in [0.4, 0.5) is 0 Å². The Morgan fingerprint density at radius 2 is 2.17 bits per heavy atom. The van der Waals surface area contributed by atoms with Gasteiger partial charge in [0.15, 0.2) is 0 Å². The van der Waals surface area contributed by atoms with Crippen LogP contribution in [0.15, 0.2) is 18.5 Å². The van der Waals surface area contributed by atoms with Gasteiger partial charge in [0, 0.05) is 25.8 Å². The van der Waals surface area contributed by atoms with Gasteiger partial charge >= 0.3 is 0 Å². The predicted molar refractivity (Wildman–Crippen MR) is 89.9 cm³/mol. The number of carbonyl (C=O) groups is 1. The Kier molecular flexibility index (Phi) is 4.40. The van der Waals surface area contributed by atoms with Crippen molar-refractivity contribution in [3.8, 4) is 0 Å². The number of piperidine rings is 1. The Morgan fingerprint density at radius 3 is 2.75 bits per heavy atom. The van der Waals surface area contributed by atoms with Gasteiger partial charge in [-0.15, -0.1) is 5.10 Å². The Balaban J connectivity index is 1.82. The zero-order valence-electron chi connectivity index (χ0n) is 14.1. The number of aromatic nitrogens is 4. The van der Waals surface area contributed by atoms with E-state index >= 15 is 0 Å². The number of aryl methyl sites for hydroxylation is 1. The molecular weight excluding hydrogens is 330 g/mol. The van der Waals surface area contributed by atoms with Crippen molar-refractivity contribution < 1.29 is 9.90 Å². The van der Waals surface area contributed by atoms with E-state index in [4.69, 9.17) is 11.6 Å². The summed E-state index contributed by atoms with van der Waals surface area (Å²) in [7, 11) is 1.78. The van der Waals surface area contributed by atoms with E-state index in [1.165, 1.54) is 0 Å². The summed E-state index contributed by atoms with van der Waals surface area (Å²) in [6.07, 6.45) is 4.72. The van der Waals surface area contributed by atoms with Crippen LogP contribution in [0.1, 0.15) is 48.9 Å². The molecule has 0 unspecified atom stereocenters. The molecule has 1 aliphatic rings. The average molecular weight is 352 g/mol. The van der Waals surface area contributed by atoms with Crippen LogP contribution in [-0.2, 0) is 12.6 Å². The third-order valence-corrected chi connectivity index (χ3v) is 4.67. The Bertz CT molecular complexity index is 753. The lowest BCUT2D eigenvalue weighted by Crippen LogP contribution is -2.49. The van der Waals surface area contributed by atoms with Crippen LogP contribution in [0.3, 0.4) is 0 Å². The summed E-state index contributed by atoms with van der Waals surface area (Å²) in [6.45, 7) is 4.80. The van der Waals surface area contributed by atoms with Gasteiger partial charge in [-0.25, -0.2) is 4.68 Å². The van der Waals surface area contributed by atoms with Gasteiger partial charge in [0.1, 0.15) is 17.0 Å². The van der Waals surface area contributed by atoms with Crippen molar-refractivity contribution in [3.05, 3.63) is 34.9 Å². The van der Waals surface area contributed by atoms with Crippen molar-refractivity contribution in [2.24, 2.45) is 7.05 Å². The zero-order chi connectivity index (χ0) is 17.5. The zero-order valence-corrected chi connectivity index (χ0v) is 14.9. The van der Waals surface area contributed by atoms with E-state index in [0.717, 1.165) is 0 Å². The first-order chi connectivity index (χ1) is 11.3. The molecule has 1 fully saturated rings. The molecule has 2 aromatic rings. The summed E-state index contributed by atoms with van der Waals surface area (Å²) >= 11 is 5.97. The number of amides is 1. The number of hydrogen-bond acceptors (Lipinski definition) is 4. The lowest BCUT2D eigenvalue weighted by molar-refractivity contribution is -0.0323. The van der Waals surface area contributed by atoms with E-state index in [-0.39, 0.29) is 18.5 Å². The fourth-order valence-corrected chi connectivity index (χ4v) is 3.31. The molecule has 0 aliphatic carbocycles. The highest BCUT2D eigenvalue weighted by molar-refractivity contribution is 6.31. The largest absolute Gasteiger partial charge is 0.382 e. The minimum Gasteiger partial charge on any atom is -0.382 e. The van der Waals surface area contributed by atoms with Gasteiger partial charge in [0.05, 0.1) is 17.8 Å². The van der Waals surface area contributed by atoms with Crippen LogP contribution in [-0.4, -0.2) is 48.6 Å². The van der Waals surface area contributed by atoms with Gasteiger partial charge in [-0.1, -0.05) is 16.8 Å². The quantitative estimate of drug-likeness (QED) is 0.917. The predicted octanol–water partition coefficient (Wildman–Crippen LogP) is 1.97. The molecule has 1 atom stereocenters. The van der Waals surface area contributed by atoms with Gasteiger partial charge in [0.2, 0.25) is 0 Å². The fourth-order valence-electron chi connectivity index (χ4n) is 3.06. The number of β-amino-alcohol motifs (C(OH)–C–C–N with tert-alkyl or cyclic N) is 1. The van der Waals surface area contributed by atoms with Gasteiger partial charge in [-0.05, 0) is 32.8 Å². The topological polar surface area (TPSA) is 76.2 Å². The van der Waals surface area contributed by atoms with E-state index in [1.807, 2.05) is 13.8 Å². The molecule has 1 saturated heterocycles. The minimum atomic E-state index is -1.17. The molecule has 1 aliphatic heterocycles. The SMILES string of the molecule is CC(C)n1cc([C@@]2(O)CCCN(C(=O)c3cc(Cl)cn3C)C2)nn1. The van der Waals surface area contributed by atoms with E-state index in [9.17, 15) is 9.90 Å². The highest BCUT2D eigenvalue weighted by atomic mass is 35.5. The van der Waals surface area contributed by atoms with E-state index < -0.39 is 5.60 Å². The first-order valence-electron chi connectivity index (χ1n) is 8.06. The molecule has 3 heterocycles. The molecule has 2 aromatic heterocycles. The first kappa shape index (κ1) is 17.0. The molecule has 24 heavy (non-hydrogen) atoms. The number of nitrogens with zero attached hydrogens (tertiary/aromatic N) is 5. The number of hydrogen-bond donors (Lipinski definition) is 1. The third kappa shape index (κ3) is 3.06. The third-order valence-electron chi connectivity index (χ3n) is 4.46. The molecule has 130 valence electrons. The summed E-state index contributed by atoms with van der Waals surface area (Å²) < 4.78 is 3.42. The highest BCUT2D eigenvalue weighted by Gasteiger charge is 2.39. The Labute approximate surface area is 145 Å². The monoisotopic (exact) mass is 351 g/mol. The molecule has 7 nitrogen and oxygen atoms in total. The second-order valence-corrected chi connectivity index (χ2v) is 7.13. The Morgan fingerprint density at radius 1 is 1.42 bits per heavy atom. The maximum absolute atomic E-state index is 12.8. The Hall–Kier alpha value is -1.86. The maximum Gasteiger partial charge on any atom is 0.270 e.